The fourth-order valence-corrected chi connectivity index (χ4v) is 1.15. The molecule has 1 aromatic rings. The van der Waals surface area contributed by atoms with E-state index in [0.29, 0.717) is 10.9 Å². The standard InChI is InChI=1S/C11H7BrFN/c12-6-1-2-9-3-4-11(13)10(8-9)5-7-14/h3-4,8H,5-6H2. The Morgan fingerprint density at radius 3 is 2.86 bits per heavy atom. The summed E-state index contributed by atoms with van der Waals surface area (Å²) in [4.78, 5) is 0. The van der Waals surface area contributed by atoms with Crippen molar-refractivity contribution in [2.24, 2.45) is 0 Å². The molecule has 0 heterocycles. The summed E-state index contributed by atoms with van der Waals surface area (Å²) in [6.07, 6.45) is 0.0790. The lowest BCUT2D eigenvalue weighted by atomic mass is 10.1. The van der Waals surface area contributed by atoms with E-state index in [2.05, 4.69) is 27.8 Å². The zero-order chi connectivity index (χ0) is 10.4. The van der Waals surface area contributed by atoms with Gasteiger partial charge >= 0.3 is 0 Å². The molecule has 0 unspecified atom stereocenters. The minimum Gasteiger partial charge on any atom is -0.207 e. The van der Waals surface area contributed by atoms with E-state index in [-0.39, 0.29) is 12.2 Å². The Balaban J connectivity index is 3.01. The van der Waals surface area contributed by atoms with E-state index in [1.54, 1.807) is 12.1 Å². The molecule has 0 bridgehead atoms. The van der Waals surface area contributed by atoms with Crippen molar-refractivity contribution < 1.29 is 4.39 Å². The summed E-state index contributed by atoms with van der Waals surface area (Å²) in [5.41, 5.74) is 1.13. The van der Waals surface area contributed by atoms with Crippen molar-refractivity contribution in [3.05, 3.63) is 35.1 Å². The molecule has 0 saturated heterocycles. The first-order valence-corrected chi connectivity index (χ1v) is 5.10. The van der Waals surface area contributed by atoms with Crippen LogP contribution in [0.3, 0.4) is 0 Å². The van der Waals surface area contributed by atoms with Crippen LogP contribution in [-0.4, -0.2) is 5.33 Å². The Hall–Kier alpha value is -1.32. The molecule has 1 aromatic carbocycles. The summed E-state index contributed by atoms with van der Waals surface area (Å²) < 4.78 is 13.1. The molecule has 70 valence electrons. The Morgan fingerprint density at radius 2 is 2.21 bits per heavy atom. The Kier molecular flexibility index (Phi) is 4.16. The number of nitrogens with zero attached hydrogens (tertiary/aromatic N) is 1. The number of halogens is 2. The van der Waals surface area contributed by atoms with Gasteiger partial charge in [-0.3, -0.25) is 0 Å². The van der Waals surface area contributed by atoms with E-state index >= 15 is 0 Å². The van der Waals surface area contributed by atoms with Crippen molar-refractivity contribution >= 4 is 15.9 Å². The molecule has 3 heteroatoms. The highest BCUT2D eigenvalue weighted by Crippen LogP contribution is 2.10. The third-order valence-electron chi connectivity index (χ3n) is 1.61. The van der Waals surface area contributed by atoms with Gasteiger partial charge in [0.05, 0.1) is 17.8 Å². The van der Waals surface area contributed by atoms with Crippen LogP contribution < -0.4 is 0 Å². The quantitative estimate of drug-likeness (QED) is 0.556. The number of nitriles is 1. The molecule has 1 nitrogen and oxygen atoms in total. The topological polar surface area (TPSA) is 23.8 Å². The Labute approximate surface area is 90.7 Å². The van der Waals surface area contributed by atoms with Crippen LogP contribution in [-0.2, 0) is 6.42 Å². The third-order valence-corrected chi connectivity index (χ3v) is 1.90. The van der Waals surface area contributed by atoms with Crippen LogP contribution in [0.5, 0.6) is 0 Å². The highest BCUT2D eigenvalue weighted by molar-refractivity contribution is 9.09. The summed E-state index contributed by atoms with van der Waals surface area (Å²) in [7, 11) is 0. The van der Waals surface area contributed by atoms with Crippen molar-refractivity contribution in [1.29, 1.82) is 5.26 Å². The average Bonchev–Trinajstić information content (AvgIpc) is 2.19. The van der Waals surface area contributed by atoms with Crippen molar-refractivity contribution in [2.75, 3.05) is 5.33 Å². The Morgan fingerprint density at radius 1 is 1.43 bits per heavy atom. The molecule has 14 heavy (non-hydrogen) atoms. The number of hydrogen-bond acceptors (Lipinski definition) is 1. The van der Waals surface area contributed by atoms with Crippen LogP contribution in [0, 0.1) is 29.0 Å². The zero-order valence-electron chi connectivity index (χ0n) is 7.35. The first-order chi connectivity index (χ1) is 6.77. The SMILES string of the molecule is N#CCc1cc(C#CCBr)ccc1F. The maximum Gasteiger partial charge on any atom is 0.127 e. The van der Waals surface area contributed by atoms with Gasteiger partial charge in [-0.1, -0.05) is 27.8 Å². The van der Waals surface area contributed by atoms with Crippen LogP contribution in [0.25, 0.3) is 0 Å². The van der Waals surface area contributed by atoms with E-state index in [9.17, 15) is 4.39 Å². The number of alkyl halides is 1. The van der Waals surface area contributed by atoms with Gasteiger partial charge in [-0.2, -0.15) is 5.26 Å². The molecule has 0 aromatic heterocycles. The van der Waals surface area contributed by atoms with Crippen molar-refractivity contribution in [1.82, 2.24) is 0 Å². The fraction of sp³-hybridized carbons (Fsp3) is 0.182. The molecule has 0 atom stereocenters. The zero-order valence-corrected chi connectivity index (χ0v) is 8.94. The molecule has 0 radical (unpaired) electrons. The summed E-state index contributed by atoms with van der Waals surface area (Å²) in [5, 5.41) is 9.03. The molecule has 1 rings (SSSR count). The maximum atomic E-state index is 13.1. The van der Waals surface area contributed by atoms with Crippen LogP contribution in [0.2, 0.25) is 0 Å². The predicted octanol–water partition coefficient (Wildman–Crippen LogP) is 2.64. The van der Waals surface area contributed by atoms with Crippen LogP contribution in [0.15, 0.2) is 18.2 Å². The molecule has 0 amide bonds. The summed E-state index contributed by atoms with van der Waals surface area (Å²) in [5.74, 6) is 5.31. The second kappa shape index (κ2) is 5.42. The van der Waals surface area contributed by atoms with Gasteiger partial charge in [0.15, 0.2) is 0 Å². The first-order valence-electron chi connectivity index (χ1n) is 3.98. The molecular weight excluding hydrogens is 245 g/mol. The van der Waals surface area contributed by atoms with Gasteiger partial charge in [0.1, 0.15) is 5.82 Å². The lowest BCUT2D eigenvalue weighted by Crippen LogP contribution is -1.89. The van der Waals surface area contributed by atoms with Crippen molar-refractivity contribution in [2.45, 2.75) is 6.42 Å². The molecule has 0 aliphatic carbocycles. The molecule has 0 aliphatic rings. The third kappa shape index (κ3) is 2.87. The van der Waals surface area contributed by atoms with Gasteiger partial charge < -0.3 is 0 Å². The lowest BCUT2D eigenvalue weighted by Gasteiger charge is -1.97. The van der Waals surface area contributed by atoms with E-state index in [0.717, 1.165) is 5.56 Å². The lowest BCUT2D eigenvalue weighted by molar-refractivity contribution is 0.615. The Bertz CT molecular complexity index is 423. The van der Waals surface area contributed by atoms with E-state index in [1.165, 1.54) is 6.07 Å². The minimum atomic E-state index is -0.351. The van der Waals surface area contributed by atoms with Crippen LogP contribution in [0.4, 0.5) is 4.39 Å². The van der Waals surface area contributed by atoms with E-state index < -0.39 is 0 Å². The van der Waals surface area contributed by atoms with Crippen LogP contribution in [0.1, 0.15) is 11.1 Å². The monoisotopic (exact) mass is 251 g/mol. The normalized spacial score (nSPS) is 8.64. The summed E-state index contributed by atoms with van der Waals surface area (Å²) >= 11 is 3.17. The molecule has 0 spiro atoms. The highest BCUT2D eigenvalue weighted by atomic mass is 79.9. The van der Waals surface area contributed by atoms with Crippen molar-refractivity contribution in [3.63, 3.8) is 0 Å². The first kappa shape index (κ1) is 10.8. The van der Waals surface area contributed by atoms with Gasteiger partial charge in [0, 0.05) is 11.1 Å². The predicted molar refractivity (Wildman–Crippen MR) is 56.4 cm³/mol. The summed E-state index contributed by atoms with van der Waals surface area (Å²) in [6, 6.07) is 6.46. The highest BCUT2D eigenvalue weighted by Gasteiger charge is 2.01. The molecular formula is C11H7BrFN. The van der Waals surface area contributed by atoms with Gasteiger partial charge in [0.25, 0.3) is 0 Å². The molecule has 0 N–H and O–H groups in total. The van der Waals surface area contributed by atoms with Gasteiger partial charge in [-0.15, -0.1) is 0 Å². The minimum absolute atomic E-state index is 0.0790. The van der Waals surface area contributed by atoms with Crippen molar-refractivity contribution in [3.8, 4) is 17.9 Å². The largest absolute Gasteiger partial charge is 0.207 e. The maximum absolute atomic E-state index is 13.1. The molecule has 0 fully saturated rings. The summed E-state index contributed by atoms with van der Waals surface area (Å²) in [6.45, 7) is 0. The van der Waals surface area contributed by atoms with Gasteiger partial charge in [0.2, 0.25) is 0 Å². The number of rotatable bonds is 1. The second-order valence-corrected chi connectivity index (χ2v) is 3.14. The number of hydrogen-bond donors (Lipinski definition) is 0. The van der Waals surface area contributed by atoms with Gasteiger partial charge in [-0.05, 0) is 18.2 Å². The van der Waals surface area contributed by atoms with Gasteiger partial charge in [-0.25, -0.2) is 4.39 Å². The van der Waals surface area contributed by atoms with E-state index in [4.69, 9.17) is 5.26 Å². The molecule has 0 saturated carbocycles. The second-order valence-electron chi connectivity index (χ2n) is 2.58. The average molecular weight is 252 g/mol. The number of benzene rings is 1. The van der Waals surface area contributed by atoms with E-state index in [1.807, 2.05) is 6.07 Å². The fourth-order valence-electron chi connectivity index (χ4n) is 1.01. The smallest absolute Gasteiger partial charge is 0.127 e. The van der Waals surface area contributed by atoms with Crippen LogP contribution >= 0.6 is 15.9 Å². The molecule has 0 aliphatic heterocycles.